The molecular formula is C14H21NO3. The zero-order chi connectivity index (χ0) is 13.4. The number of aliphatic hydroxyl groups excluding tert-OH is 1. The van der Waals surface area contributed by atoms with Crippen molar-refractivity contribution in [2.24, 2.45) is 5.92 Å². The summed E-state index contributed by atoms with van der Waals surface area (Å²) in [5, 5.41) is 20.7. The first kappa shape index (κ1) is 14.7. The molecule has 0 saturated carbocycles. The van der Waals surface area contributed by atoms with Crippen LogP contribution in [-0.4, -0.2) is 29.3 Å². The normalized spacial score (nSPS) is 20.4. The van der Waals surface area contributed by atoms with E-state index >= 15 is 0 Å². The SMILES string of the molecule is C[C@H]1CCCNC1.O=C(O)[C@H](O)c1ccccc1. The maximum absolute atomic E-state index is 10.2. The molecule has 18 heavy (non-hydrogen) atoms. The van der Waals surface area contributed by atoms with Gasteiger partial charge in [-0.2, -0.15) is 0 Å². The Morgan fingerprint density at radius 3 is 2.44 bits per heavy atom. The van der Waals surface area contributed by atoms with Crippen LogP contribution in [-0.2, 0) is 4.79 Å². The van der Waals surface area contributed by atoms with E-state index in [1.165, 1.54) is 25.9 Å². The van der Waals surface area contributed by atoms with E-state index in [0.29, 0.717) is 5.56 Å². The molecule has 0 aliphatic carbocycles. The number of hydrogen-bond acceptors (Lipinski definition) is 3. The number of carboxylic acids is 1. The Hall–Kier alpha value is -1.39. The summed E-state index contributed by atoms with van der Waals surface area (Å²) in [7, 11) is 0. The third-order valence-corrected chi connectivity index (χ3v) is 2.89. The molecule has 2 rings (SSSR count). The van der Waals surface area contributed by atoms with E-state index in [2.05, 4.69) is 12.2 Å². The zero-order valence-corrected chi connectivity index (χ0v) is 10.7. The fourth-order valence-corrected chi connectivity index (χ4v) is 1.80. The lowest BCUT2D eigenvalue weighted by Gasteiger charge is -2.17. The van der Waals surface area contributed by atoms with Gasteiger partial charge >= 0.3 is 5.97 Å². The van der Waals surface area contributed by atoms with Crippen molar-refractivity contribution in [3.05, 3.63) is 35.9 Å². The smallest absolute Gasteiger partial charge is 0.337 e. The zero-order valence-electron chi connectivity index (χ0n) is 10.7. The van der Waals surface area contributed by atoms with Gasteiger partial charge in [-0.3, -0.25) is 0 Å². The van der Waals surface area contributed by atoms with Crippen molar-refractivity contribution >= 4 is 5.97 Å². The highest BCUT2D eigenvalue weighted by molar-refractivity contribution is 5.73. The largest absolute Gasteiger partial charge is 0.479 e. The van der Waals surface area contributed by atoms with Gasteiger partial charge in [0, 0.05) is 0 Å². The van der Waals surface area contributed by atoms with Gasteiger partial charge in [-0.25, -0.2) is 4.79 Å². The molecule has 1 saturated heterocycles. The molecular weight excluding hydrogens is 230 g/mol. The van der Waals surface area contributed by atoms with Crippen LogP contribution < -0.4 is 5.32 Å². The summed E-state index contributed by atoms with van der Waals surface area (Å²) in [6.45, 7) is 4.77. The maximum atomic E-state index is 10.2. The number of benzene rings is 1. The van der Waals surface area contributed by atoms with Gasteiger partial charge < -0.3 is 15.5 Å². The van der Waals surface area contributed by atoms with E-state index in [9.17, 15) is 4.79 Å². The number of hydrogen-bond donors (Lipinski definition) is 3. The summed E-state index contributed by atoms with van der Waals surface area (Å²) in [5.41, 5.74) is 0.403. The molecule has 0 radical (unpaired) electrons. The molecule has 1 aromatic carbocycles. The van der Waals surface area contributed by atoms with Gasteiger partial charge in [-0.1, -0.05) is 37.3 Å². The number of carboxylic acid groups (broad SMARTS) is 1. The third-order valence-electron chi connectivity index (χ3n) is 2.89. The number of rotatable bonds is 2. The van der Waals surface area contributed by atoms with Crippen LogP contribution in [0.25, 0.3) is 0 Å². The number of carbonyl (C=O) groups is 1. The first-order valence-corrected chi connectivity index (χ1v) is 6.27. The van der Waals surface area contributed by atoms with Crippen molar-refractivity contribution in [2.45, 2.75) is 25.9 Å². The minimum atomic E-state index is -1.41. The lowest BCUT2D eigenvalue weighted by atomic mass is 10.0. The fourth-order valence-electron chi connectivity index (χ4n) is 1.80. The highest BCUT2D eigenvalue weighted by Crippen LogP contribution is 2.11. The lowest BCUT2D eigenvalue weighted by molar-refractivity contribution is -0.146. The summed E-state index contributed by atoms with van der Waals surface area (Å²) in [6, 6.07) is 8.26. The minimum Gasteiger partial charge on any atom is -0.479 e. The average Bonchev–Trinajstić information content (AvgIpc) is 2.40. The Morgan fingerprint density at radius 2 is 2.06 bits per heavy atom. The summed E-state index contributed by atoms with van der Waals surface area (Å²) >= 11 is 0. The van der Waals surface area contributed by atoms with Crippen molar-refractivity contribution in [1.29, 1.82) is 0 Å². The number of nitrogens with one attached hydrogen (secondary N) is 1. The van der Waals surface area contributed by atoms with Gasteiger partial charge in [-0.05, 0) is 37.4 Å². The monoisotopic (exact) mass is 251 g/mol. The van der Waals surface area contributed by atoms with E-state index in [1.54, 1.807) is 30.3 Å². The predicted molar refractivity (Wildman–Crippen MR) is 70.3 cm³/mol. The Morgan fingerprint density at radius 1 is 1.39 bits per heavy atom. The molecule has 100 valence electrons. The van der Waals surface area contributed by atoms with Crippen LogP contribution >= 0.6 is 0 Å². The second kappa shape index (κ2) is 7.84. The predicted octanol–water partition coefficient (Wildman–Crippen LogP) is 1.81. The van der Waals surface area contributed by atoms with Crippen LogP contribution in [0.5, 0.6) is 0 Å². The molecule has 3 N–H and O–H groups in total. The molecule has 0 bridgehead atoms. The van der Waals surface area contributed by atoms with Crippen molar-refractivity contribution in [3.63, 3.8) is 0 Å². The molecule has 1 heterocycles. The molecule has 1 aliphatic rings. The van der Waals surface area contributed by atoms with Gasteiger partial charge in [0.1, 0.15) is 0 Å². The van der Waals surface area contributed by atoms with E-state index in [-0.39, 0.29) is 0 Å². The van der Waals surface area contributed by atoms with Crippen LogP contribution in [0.1, 0.15) is 31.4 Å². The van der Waals surface area contributed by atoms with Crippen molar-refractivity contribution in [1.82, 2.24) is 5.32 Å². The number of aliphatic hydroxyl groups is 1. The van der Waals surface area contributed by atoms with Crippen molar-refractivity contribution in [3.8, 4) is 0 Å². The van der Waals surface area contributed by atoms with E-state index in [4.69, 9.17) is 10.2 Å². The van der Waals surface area contributed by atoms with Crippen LogP contribution in [0.4, 0.5) is 0 Å². The first-order chi connectivity index (χ1) is 8.61. The van der Waals surface area contributed by atoms with E-state index in [1.807, 2.05) is 0 Å². The molecule has 4 heteroatoms. The van der Waals surface area contributed by atoms with Crippen LogP contribution in [0.3, 0.4) is 0 Å². The standard InChI is InChI=1S/C8H8O3.C6H13N/c9-7(8(10)11)6-4-2-1-3-5-6;1-6-3-2-4-7-5-6/h1-5,7,9H,(H,10,11);6-7H,2-5H2,1H3/t7-;6-/m10/s1. The Bertz CT molecular complexity index is 347. The van der Waals surface area contributed by atoms with Gasteiger partial charge in [0.2, 0.25) is 0 Å². The molecule has 1 aliphatic heterocycles. The number of aliphatic carboxylic acids is 1. The fraction of sp³-hybridized carbons (Fsp3) is 0.500. The molecule has 0 spiro atoms. The van der Waals surface area contributed by atoms with Crippen molar-refractivity contribution in [2.75, 3.05) is 13.1 Å². The Labute approximate surface area is 108 Å². The highest BCUT2D eigenvalue weighted by Gasteiger charge is 2.14. The highest BCUT2D eigenvalue weighted by atomic mass is 16.4. The quantitative estimate of drug-likeness (QED) is 0.749. The summed E-state index contributed by atoms with van der Waals surface area (Å²) in [5.74, 6) is -0.301. The molecule has 1 aromatic rings. The van der Waals surface area contributed by atoms with Crippen LogP contribution in [0, 0.1) is 5.92 Å². The molecule has 0 amide bonds. The second-order valence-corrected chi connectivity index (χ2v) is 4.60. The molecule has 2 atom stereocenters. The van der Waals surface area contributed by atoms with E-state index < -0.39 is 12.1 Å². The van der Waals surface area contributed by atoms with Gasteiger partial charge in [-0.15, -0.1) is 0 Å². The summed E-state index contributed by atoms with van der Waals surface area (Å²) < 4.78 is 0. The molecule has 1 fully saturated rings. The van der Waals surface area contributed by atoms with Crippen LogP contribution in [0.15, 0.2) is 30.3 Å². The topological polar surface area (TPSA) is 69.6 Å². The van der Waals surface area contributed by atoms with Crippen LogP contribution in [0.2, 0.25) is 0 Å². The number of piperidine rings is 1. The summed E-state index contributed by atoms with van der Waals surface area (Å²) in [4.78, 5) is 10.2. The maximum Gasteiger partial charge on any atom is 0.337 e. The second-order valence-electron chi connectivity index (χ2n) is 4.60. The first-order valence-electron chi connectivity index (χ1n) is 6.27. The Kier molecular flexibility index (Phi) is 6.39. The minimum absolute atomic E-state index is 0.403. The van der Waals surface area contributed by atoms with Gasteiger partial charge in [0.15, 0.2) is 6.10 Å². The third kappa shape index (κ3) is 5.29. The van der Waals surface area contributed by atoms with E-state index in [0.717, 1.165) is 5.92 Å². The molecule has 0 aromatic heterocycles. The van der Waals surface area contributed by atoms with Gasteiger partial charge in [0.25, 0.3) is 0 Å². The van der Waals surface area contributed by atoms with Crippen molar-refractivity contribution < 1.29 is 15.0 Å². The molecule has 0 unspecified atom stereocenters. The average molecular weight is 251 g/mol. The lowest BCUT2D eigenvalue weighted by Crippen LogP contribution is -2.27. The summed E-state index contributed by atoms with van der Waals surface area (Å²) in [6.07, 6.45) is 1.39. The van der Waals surface area contributed by atoms with Gasteiger partial charge in [0.05, 0.1) is 0 Å². The Balaban J connectivity index is 0.000000199. The molecule has 4 nitrogen and oxygen atoms in total.